The van der Waals surface area contributed by atoms with Crippen LogP contribution in [0.5, 0.6) is 0 Å². The molecule has 1 unspecified atom stereocenters. The van der Waals surface area contributed by atoms with Gasteiger partial charge in [-0.25, -0.2) is 0 Å². The standard InChI is InChI=1S/C9H22N2/c1-4-8(2)5-6-11-9(3)7-10/h8-9,11H,4-7,10H2,1-3H3/t8?,9-/m1/s1. The summed E-state index contributed by atoms with van der Waals surface area (Å²) >= 11 is 0. The fraction of sp³-hybridized carbons (Fsp3) is 1.00. The van der Waals surface area contributed by atoms with E-state index in [-0.39, 0.29) is 0 Å². The summed E-state index contributed by atoms with van der Waals surface area (Å²) in [7, 11) is 0. The highest BCUT2D eigenvalue weighted by Gasteiger charge is 2.00. The second kappa shape index (κ2) is 6.62. The molecule has 11 heavy (non-hydrogen) atoms. The molecule has 0 aromatic carbocycles. The fourth-order valence-electron chi connectivity index (χ4n) is 0.864. The highest BCUT2D eigenvalue weighted by Crippen LogP contribution is 2.04. The molecule has 0 saturated heterocycles. The Bertz CT molecular complexity index is 73.6. The third kappa shape index (κ3) is 6.32. The SMILES string of the molecule is CCC(C)CCN[C@H](C)CN. The number of hydrogen-bond acceptors (Lipinski definition) is 2. The van der Waals surface area contributed by atoms with Crippen LogP contribution in [0.15, 0.2) is 0 Å². The van der Waals surface area contributed by atoms with E-state index in [9.17, 15) is 0 Å². The molecule has 3 N–H and O–H groups in total. The average molecular weight is 158 g/mol. The highest BCUT2D eigenvalue weighted by atomic mass is 14.9. The summed E-state index contributed by atoms with van der Waals surface area (Å²) in [6.45, 7) is 8.48. The van der Waals surface area contributed by atoms with Gasteiger partial charge in [-0.1, -0.05) is 20.3 Å². The smallest absolute Gasteiger partial charge is 0.0161 e. The molecule has 0 aliphatic rings. The van der Waals surface area contributed by atoms with E-state index in [1.54, 1.807) is 0 Å². The molecule has 0 aliphatic carbocycles. The van der Waals surface area contributed by atoms with E-state index in [1.807, 2.05) is 0 Å². The maximum absolute atomic E-state index is 5.46. The van der Waals surface area contributed by atoms with Crippen LogP contribution in [0.25, 0.3) is 0 Å². The second-order valence-electron chi connectivity index (χ2n) is 3.39. The minimum absolute atomic E-state index is 0.471. The molecular formula is C9H22N2. The van der Waals surface area contributed by atoms with Gasteiger partial charge in [-0.3, -0.25) is 0 Å². The van der Waals surface area contributed by atoms with Gasteiger partial charge < -0.3 is 11.1 Å². The quantitative estimate of drug-likeness (QED) is 0.612. The Morgan fingerprint density at radius 2 is 2.00 bits per heavy atom. The van der Waals surface area contributed by atoms with Crippen LogP contribution in [-0.2, 0) is 0 Å². The molecule has 2 heteroatoms. The van der Waals surface area contributed by atoms with Crippen LogP contribution in [0.1, 0.15) is 33.6 Å². The van der Waals surface area contributed by atoms with Gasteiger partial charge in [0.25, 0.3) is 0 Å². The molecular weight excluding hydrogens is 136 g/mol. The molecule has 0 fully saturated rings. The fourth-order valence-corrected chi connectivity index (χ4v) is 0.864. The van der Waals surface area contributed by atoms with Gasteiger partial charge in [0.15, 0.2) is 0 Å². The van der Waals surface area contributed by atoms with Crippen LogP contribution >= 0.6 is 0 Å². The van der Waals surface area contributed by atoms with Gasteiger partial charge in [-0.15, -0.1) is 0 Å². The first-order valence-electron chi connectivity index (χ1n) is 4.64. The molecule has 0 heterocycles. The summed E-state index contributed by atoms with van der Waals surface area (Å²) in [5.74, 6) is 0.840. The van der Waals surface area contributed by atoms with Crippen molar-refractivity contribution in [2.24, 2.45) is 11.7 Å². The van der Waals surface area contributed by atoms with E-state index < -0.39 is 0 Å². The molecule has 2 atom stereocenters. The zero-order valence-electron chi connectivity index (χ0n) is 8.06. The molecule has 0 aliphatic heterocycles. The van der Waals surface area contributed by atoms with Gasteiger partial charge in [0.2, 0.25) is 0 Å². The zero-order chi connectivity index (χ0) is 8.69. The van der Waals surface area contributed by atoms with Gasteiger partial charge in [-0.05, 0) is 25.8 Å². The van der Waals surface area contributed by atoms with Crippen molar-refractivity contribution in [3.05, 3.63) is 0 Å². The van der Waals surface area contributed by atoms with Crippen molar-refractivity contribution in [1.82, 2.24) is 5.32 Å². The minimum atomic E-state index is 0.471. The Morgan fingerprint density at radius 3 is 2.45 bits per heavy atom. The van der Waals surface area contributed by atoms with Crippen molar-refractivity contribution in [2.75, 3.05) is 13.1 Å². The molecule has 0 rings (SSSR count). The molecule has 0 aromatic rings. The topological polar surface area (TPSA) is 38.0 Å². The maximum atomic E-state index is 5.46. The predicted molar refractivity (Wildman–Crippen MR) is 50.6 cm³/mol. The Labute approximate surface area is 70.5 Å². The first kappa shape index (κ1) is 10.9. The maximum Gasteiger partial charge on any atom is 0.0161 e. The van der Waals surface area contributed by atoms with E-state index >= 15 is 0 Å². The van der Waals surface area contributed by atoms with Crippen molar-refractivity contribution < 1.29 is 0 Å². The van der Waals surface area contributed by atoms with Crippen molar-refractivity contribution >= 4 is 0 Å². The van der Waals surface area contributed by atoms with Crippen LogP contribution < -0.4 is 11.1 Å². The lowest BCUT2D eigenvalue weighted by molar-refractivity contribution is 0.460. The van der Waals surface area contributed by atoms with Gasteiger partial charge in [-0.2, -0.15) is 0 Å². The van der Waals surface area contributed by atoms with E-state index in [0.717, 1.165) is 19.0 Å². The van der Waals surface area contributed by atoms with Crippen LogP contribution in [0, 0.1) is 5.92 Å². The molecule has 0 amide bonds. The van der Waals surface area contributed by atoms with E-state index in [1.165, 1.54) is 12.8 Å². The van der Waals surface area contributed by atoms with Crippen molar-refractivity contribution in [2.45, 2.75) is 39.7 Å². The van der Waals surface area contributed by atoms with Crippen LogP contribution in [0.4, 0.5) is 0 Å². The lowest BCUT2D eigenvalue weighted by Crippen LogP contribution is -2.34. The van der Waals surface area contributed by atoms with Crippen molar-refractivity contribution in [3.63, 3.8) is 0 Å². The lowest BCUT2D eigenvalue weighted by Gasteiger charge is -2.13. The number of hydrogen-bond donors (Lipinski definition) is 2. The predicted octanol–water partition coefficient (Wildman–Crippen LogP) is 1.36. The summed E-state index contributed by atoms with van der Waals surface area (Å²) in [6.07, 6.45) is 2.54. The Balaban J connectivity index is 3.13. The summed E-state index contributed by atoms with van der Waals surface area (Å²) in [5, 5.41) is 3.37. The molecule has 0 aromatic heterocycles. The lowest BCUT2D eigenvalue weighted by atomic mass is 10.1. The highest BCUT2D eigenvalue weighted by molar-refractivity contribution is 4.61. The Hall–Kier alpha value is -0.0800. The third-order valence-electron chi connectivity index (χ3n) is 2.18. The molecule has 0 spiro atoms. The van der Waals surface area contributed by atoms with Crippen LogP contribution in [0.3, 0.4) is 0 Å². The van der Waals surface area contributed by atoms with Crippen LogP contribution in [0.2, 0.25) is 0 Å². The van der Waals surface area contributed by atoms with Gasteiger partial charge >= 0.3 is 0 Å². The Morgan fingerprint density at radius 1 is 1.36 bits per heavy atom. The zero-order valence-corrected chi connectivity index (χ0v) is 8.06. The molecule has 0 bridgehead atoms. The first-order valence-corrected chi connectivity index (χ1v) is 4.64. The molecule has 0 saturated carbocycles. The summed E-state index contributed by atoms with van der Waals surface area (Å²) < 4.78 is 0. The van der Waals surface area contributed by atoms with Gasteiger partial charge in [0.1, 0.15) is 0 Å². The minimum Gasteiger partial charge on any atom is -0.329 e. The normalized spacial score (nSPS) is 16.4. The average Bonchev–Trinajstić information content (AvgIpc) is 2.04. The second-order valence-corrected chi connectivity index (χ2v) is 3.39. The summed E-state index contributed by atoms with van der Waals surface area (Å²) in [6, 6.07) is 0.471. The molecule has 2 nitrogen and oxygen atoms in total. The van der Waals surface area contributed by atoms with E-state index in [2.05, 4.69) is 26.1 Å². The number of nitrogens with one attached hydrogen (secondary N) is 1. The summed E-state index contributed by atoms with van der Waals surface area (Å²) in [4.78, 5) is 0. The number of nitrogens with two attached hydrogens (primary N) is 1. The largest absolute Gasteiger partial charge is 0.329 e. The van der Waals surface area contributed by atoms with E-state index in [4.69, 9.17) is 5.73 Å². The van der Waals surface area contributed by atoms with E-state index in [0.29, 0.717) is 6.04 Å². The van der Waals surface area contributed by atoms with Gasteiger partial charge in [0, 0.05) is 12.6 Å². The van der Waals surface area contributed by atoms with Crippen molar-refractivity contribution in [3.8, 4) is 0 Å². The van der Waals surface area contributed by atoms with Crippen LogP contribution in [-0.4, -0.2) is 19.1 Å². The number of rotatable bonds is 6. The van der Waals surface area contributed by atoms with Gasteiger partial charge in [0.05, 0.1) is 0 Å². The summed E-state index contributed by atoms with van der Waals surface area (Å²) in [5.41, 5.74) is 5.46. The van der Waals surface area contributed by atoms with Crippen molar-refractivity contribution in [1.29, 1.82) is 0 Å². The molecule has 0 radical (unpaired) electrons. The Kier molecular flexibility index (Phi) is 6.57. The third-order valence-corrected chi connectivity index (χ3v) is 2.18. The monoisotopic (exact) mass is 158 g/mol. The molecule has 68 valence electrons. The first-order chi connectivity index (χ1) is 5.20.